The van der Waals surface area contributed by atoms with Crippen LogP contribution in [0.15, 0.2) is 11.6 Å². The van der Waals surface area contributed by atoms with Crippen molar-refractivity contribution in [2.45, 2.75) is 97.5 Å². The molecule has 3 nitrogen and oxygen atoms in total. The lowest BCUT2D eigenvalue weighted by atomic mass is 9.49. The number of ether oxygens (including phenoxy) is 2. The molecule has 0 unspecified atom stereocenters. The summed E-state index contributed by atoms with van der Waals surface area (Å²) in [5, 5.41) is 0. The molecule has 0 spiro atoms. The summed E-state index contributed by atoms with van der Waals surface area (Å²) in [5.74, 6) is 4.78. The lowest BCUT2D eigenvalue weighted by molar-refractivity contribution is -0.108. The Morgan fingerprint density at radius 2 is 1.97 bits per heavy atom. The predicted molar refractivity (Wildman–Crippen MR) is 128 cm³/mol. The largest absolute Gasteiger partial charge is 0.381 e. The Labute approximate surface area is 196 Å². The second kappa shape index (κ2) is 9.17. The first-order valence-electron chi connectivity index (χ1n) is 13.8. The topological polar surface area (TPSA) is 35.5 Å². The zero-order valence-corrected chi connectivity index (χ0v) is 20.8. The fourth-order valence-electron chi connectivity index (χ4n) is 9.18. The van der Waals surface area contributed by atoms with Crippen molar-refractivity contribution in [1.29, 1.82) is 0 Å². The van der Waals surface area contributed by atoms with E-state index in [-0.39, 0.29) is 0 Å². The van der Waals surface area contributed by atoms with E-state index >= 15 is 0 Å². The van der Waals surface area contributed by atoms with Gasteiger partial charge in [0.25, 0.3) is 0 Å². The average molecular weight is 443 g/mol. The number of hydrogen-bond donors (Lipinski definition) is 0. The van der Waals surface area contributed by atoms with Crippen LogP contribution in [0.1, 0.15) is 91.4 Å². The Hall–Kier alpha value is -0.670. The standard InChI is InChI=1S/C29H46O3/c1-20(6-5-15-30)25-9-10-26-24-8-4-7-22-16-23(32-19-21-17-31-18-21)11-13-28(22,2)27(24)12-14-29(25,26)3/h7,15,20-21,23-27H,4-6,8-14,16-19H2,1-3H3/t20-,23+,24-,25-,26+,27+,28+,29-/m1/s1. The Morgan fingerprint density at radius 1 is 1.12 bits per heavy atom. The SMILES string of the molecule is C[C@H](CCC=O)[C@H]1CC[C@H]2[C@H]3CCC=C4C[C@@H](OCC5COC5)CC[C@]4(C)[C@H]3CC[C@]12C. The van der Waals surface area contributed by atoms with Crippen molar-refractivity contribution in [2.24, 2.45) is 46.3 Å². The summed E-state index contributed by atoms with van der Waals surface area (Å²) in [6.07, 6.45) is 18.0. The number of hydrogen-bond acceptors (Lipinski definition) is 3. The molecule has 4 fully saturated rings. The van der Waals surface area contributed by atoms with Gasteiger partial charge in [0, 0.05) is 12.3 Å². The molecule has 5 rings (SSSR count). The Bertz CT molecular complexity index is 711. The summed E-state index contributed by atoms with van der Waals surface area (Å²) in [7, 11) is 0. The van der Waals surface area contributed by atoms with Crippen LogP contribution in [0, 0.1) is 46.3 Å². The van der Waals surface area contributed by atoms with E-state index in [2.05, 4.69) is 26.8 Å². The molecule has 4 aliphatic carbocycles. The first kappa shape index (κ1) is 23.1. The molecule has 32 heavy (non-hydrogen) atoms. The number of carbonyl (C=O) groups is 1. The van der Waals surface area contributed by atoms with Gasteiger partial charge in [-0.25, -0.2) is 0 Å². The quantitative estimate of drug-likeness (QED) is 0.329. The van der Waals surface area contributed by atoms with E-state index in [1.165, 1.54) is 57.8 Å². The van der Waals surface area contributed by atoms with Crippen molar-refractivity contribution in [3.8, 4) is 0 Å². The lowest BCUT2D eigenvalue weighted by Crippen LogP contribution is -2.48. The highest BCUT2D eigenvalue weighted by Crippen LogP contribution is 2.66. The van der Waals surface area contributed by atoms with Crippen LogP contribution in [0.4, 0.5) is 0 Å². The maximum Gasteiger partial charge on any atom is 0.120 e. The summed E-state index contributed by atoms with van der Waals surface area (Å²) >= 11 is 0. The molecule has 0 radical (unpaired) electrons. The van der Waals surface area contributed by atoms with Crippen LogP contribution in [0.2, 0.25) is 0 Å². The Kier molecular flexibility index (Phi) is 6.62. The fraction of sp³-hybridized carbons (Fsp3) is 0.897. The third-order valence-corrected chi connectivity index (χ3v) is 11.1. The fourth-order valence-corrected chi connectivity index (χ4v) is 9.18. The van der Waals surface area contributed by atoms with E-state index in [0.29, 0.717) is 28.8 Å². The van der Waals surface area contributed by atoms with Gasteiger partial charge in [0.15, 0.2) is 0 Å². The third-order valence-electron chi connectivity index (χ3n) is 11.1. The molecule has 0 N–H and O–H groups in total. The van der Waals surface area contributed by atoms with E-state index < -0.39 is 0 Å². The number of rotatable bonds is 7. The molecule has 8 atom stereocenters. The number of carbonyl (C=O) groups excluding carboxylic acids is 1. The van der Waals surface area contributed by atoms with E-state index in [1.54, 1.807) is 5.57 Å². The highest BCUT2D eigenvalue weighted by atomic mass is 16.5. The van der Waals surface area contributed by atoms with Crippen LogP contribution in [-0.2, 0) is 14.3 Å². The van der Waals surface area contributed by atoms with Crippen LogP contribution in [-0.4, -0.2) is 32.2 Å². The van der Waals surface area contributed by atoms with E-state index in [0.717, 1.165) is 62.6 Å². The molecule has 3 saturated carbocycles. The van der Waals surface area contributed by atoms with Crippen LogP contribution < -0.4 is 0 Å². The van der Waals surface area contributed by atoms with Crippen LogP contribution in [0.5, 0.6) is 0 Å². The van der Waals surface area contributed by atoms with Gasteiger partial charge in [-0.2, -0.15) is 0 Å². The molecule has 0 bridgehead atoms. The highest BCUT2D eigenvalue weighted by molar-refractivity contribution is 5.49. The van der Waals surface area contributed by atoms with E-state index in [1.807, 2.05) is 0 Å². The van der Waals surface area contributed by atoms with Crippen molar-refractivity contribution in [2.75, 3.05) is 19.8 Å². The molecule has 180 valence electrons. The van der Waals surface area contributed by atoms with E-state index in [4.69, 9.17) is 9.47 Å². The van der Waals surface area contributed by atoms with Gasteiger partial charge >= 0.3 is 0 Å². The van der Waals surface area contributed by atoms with Crippen molar-refractivity contribution in [1.82, 2.24) is 0 Å². The third kappa shape index (κ3) is 3.94. The van der Waals surface area contributed by atoms with Gasteiger partial charge in [0.1, 0.15) is 6.29 Å². The lowest BCUT2D eigenvalue weighted by Gasteiger charge is -2.56. The molecule has 0 aromatic rings. The van der Waals surface area contributed by atoms with Gasteiger partial charge in [0.05, 0.1) is 25.9 Å². The molecular weight excluding hydrogens is 396 g/mol. The van der Waals surface area contributed by atoms with Crippen LogP contribution >= 0.6 is 0 Å². The van der Waals surface area contributed by atoms with Gasteiger partial charge in [-0.05, 0) is 105 Å². The second-order valence-electron chi connectivity index (χ2n) is 12.7. The summed E-state index contributed by atoms with van der Waals surface area (Å²) in [4.78, 5) is 11.0. The Balaban J connectivity index is 1.28. The van der Waals surface area contributed by atoms with Gasteiger partial charge in [-0.3, -0.25) is 0 Å². The minimum Gasteiger partial charge on any atom is -0.381 e. The number of fused-ring (bicyclic) bond motifs is 5. The molecule has 0 amide bonds. The maximum atomic E-state index is 11.0. The molecule has 1 saturated heterocycles. The van der Waals surface area contributed by atoms with E-state index in [9.17, 15) is 4.79 Å². The average Bonchev–Trinajstić information content (AvgIpc) is 3.02. The number of allylic oxidation sites excluding steroid dienone is 1. The zero-order chi connectivity index (χ0) is 22.3. The highest BCUT2D eigenvalue weighted by Gasteiger charge is 2.58. The first-order chi connectivity index (χ1) is 15.5. The molecular formula is C29H46O3. The first-order valence-corrected chi connectivity index (χ1v) is 13.8. The van der Waals surface area contributed by atoms with Crippen molar-refractivity contribution < 1.29 is 14.3 Å². The molecule has 0 aromatic heterocycles. The van der Waals surface area contributed by atoms with Crippen molar-refractivity contribution >= 4 is 6.29 Å². The monoisotopic (exact) mass is 442 g/mol. The minimum absolute atomic E-state index is 0.392. The smallest absolute Gasteiger partial charge is 0.120 e. The van der Waals surface area contributed by atoms with Crippen LogP contribution in [0.3, 0.4) is 0 Å². The minimum atomic E-state index is 0.392. The molecule has 1 heterocycles. The maximum absolute atomic E-state index is 11.0. The second-order valence-corrected chi connectivity index (χ2v) is 12.7. The van der Waals surface area contributed by atoms with Gasteiger partial charge in [-0.1, -0.05) is 32.4 Å². The van der Waals surface area contributed by atoms with Crippen molar-refractivity contribution in [3.05, 3.63) is 11.6 Å². The van der Waals surface area contributed by atoms with Gasteiger partial charge in [-0.15, -0.1) is 0 Å². The van der Waals surface area contributed by atoms with Gasteiger partial charge < -0.3 is 14.3 Å². The molecule has 0 aromatic carbocycles. The predicted octanol–water partition coefficient (Wildman–Crippen LogP) is 6.60. The number of aldehydes is 1. The van der Waals surface area contributed by atoms with Crippen molar-refractivity contribution in [3.63, 3.8) is 0 Å². The normalized spacial score (nSPS) is 45.0. The summed E-state index contributed by atoms with van der Waals surface area (Å²) < 4.78 is 11.7. The molecule has 5 aliphatic rings. The summed E-state index contributed by atoms with van der Waals surface area (Å²) in [5.41, 5.74) is 2.63. The molecule has 3 heteroatoms. The summed E-state index contributed by atoms with van der Waals surface area (Å²) in [6.45, 7) is 10.4. The zero-order valence-electron chi connectivity index (χ0n) is 20.8. The van der Waals surface area contributed by atoms with Crippen LogP contribution in [0.25, 0.3) is 0 Å². The molecule has 1 aliphatic heterocycles. The summed E-state index contributed by atoms with van der Waals surface area (Å²) in [6, 6.07) is 0. The van der Waals surface area contributed by atoms with Gasteiger partial charge in [0.2, 0.25) is 0 Å². The Morgan fingerprint density at radius 3 is 2.72 bits per heavy atom.